The second-order valence-electron chi connectivity index (χ2n) is 4.04. The predicted octanol–water partition coefficient (Wildman–Crippen LogP) is 5.71. The fourth-order valence-electron chi connectivity index (χ4n) is 1.59. The minimum absolute atomic E-state index is 0.530. The van der Waals surface area contributed by atoms with Gasteiger partial charge in [-0.05, 0) is 42.8 Å². The Morgan fingerprint density at radius 1 is 1.16 bits per heavy atom. The zero-order chi connectivity index (χ0) is 14.0. The number of rotatable bonds is 3. The van der Waals surface area contributed by atoms with E-state index in [-0.39, 0.29) is 0 Å². The Hall–Kier alpha value is -0.550. The molecule has 2 rings (SSSR count). The fourth-order valence-corrected chi connectivity index (χ4v) is 2.78. The molecule has 0 radical (unpaired) electrons. The molecule has 0 heterocycles. The Bertz CT molecular complexity index is 600. The van der Waals surface area contributed by atoms with Crippen molar-refractivity contribution in [2.45, 2.75) is 13.0 Å². The van der Waals surface area contributed by atoms with E-state index in [0.29, 0.717) is 16.5 Å². The molecule has 2 aromatic rings. The standard InChI is InChI=1S/C14H11Br2ClO2/c1-8(18)11-4-3-10(7-12(11)16)19-14-6-9(15)2-5-13(14)17/h2-8,18H,1H3/t8-/m0/s1. The van der Waals surface area contributed by atoms with Crippen molar-refractivity contribution in [1.82, 2.24) is 0 Å². The maximum Gasteiger partial charge on any atom is 0.147 e. The first kappa shape index (κ1) is 14.9. The highest BCUT2D eigenvalue weighted by Crippen LogP contribution is 2.34. The van der Waals surface area contributed by atoms with Crippen LogP contribution >= 0.6 is 43.5 Å². The number of hydrogen-bond acceptors (Lipinski definition) is 2. The maximum atomic E-state index is 9.57. The topological polar surface area (TPSA) is 29.5 Å². The van der Waals surface area contributed by atoms with Crippen LogP contribution in [0.25, 0.3) is 0 Å². The van der Waals surface area contributed by atoms with Gasteiger partial charge in [-0.3, -0.25) is 0 Å². The van der Waals surface area contributed by atoms with Gasteiger partial charge in [0, 0.05) is 8.95 Å². The molecule has 2 aromatic carbocycles. The second-order valence-corrected chi connectivity index (χ2v) is 6.21. The van der Waals surface area contributed by atoms with Crippen LogP contribution in [-0.2, 0) is 0 Å². The Morgan fingerprint density at radius 3 is 2.53 bits per heavy atom. The lowest BCUT2D eigenvalue weighted by molar-refractivity contribution is 0.198. The molecule has 0 amide bonds. The summed E-state index contributed by atoms with van der Waals surface area (Å²) in [7, 11) is 0. The smallest absolute Gasteiger partial charge is 0.147 e. The van der Waals surface area contributed by atoms with E-state index in [9.17, 15) is 5.11 Å². The highest BCUT2D eigenvalue weighted by Gasteiger charge is 2.09. The minimum atomic E-state index is -0.530. The molecule has 1 N–H and O–H groups in total. The molecule has 0 saturated heterocycles. The van der Waals surface area contributed by atoms with Crippen LogP contribution in [0.5, 0.6) is 11.5 Å². The van der Waals surface area contributed by atoms with Gasteiger partial charge in [-0.2, -0.15) is 0 Å². The summed E-state index contributed by atoms with van der Waals surface area (Å²) in [6, 6.07) is 10.8. The second kappa shape index (κ2) is 6.27. The van der Waals surface area contributed by atoms with Crippen molar-refractivity contribution < 1.29 is 9.84 Å². The molecular weight excluding hydrogens is 395 g/mol. The van der Waals surface area contributed by atoms with Crippen LogP contribution in [-0.4, -0.2) is 5.11 Å². The van der Waals surface area contributed by atoms with Gasteiger partial charge in [0.25, 0.3) is 0 Å². The molecule has 0 bridgehead atoms. The van der Waals surface area contributed by atoms with Crippen molar-refractivity contribution >= 4 is 43.5 Å². The van der Waals surface area contributed by atoms with Crippen LogP contribution in [0.3, 0.4) is 0 Å². The molecule has 1 atom stereocenters. The molecule has 0 spiro atoms. The zero-order valence-electron chi connectivity index (χ0n) is 10.0. The summed E-state index contributed by atoms with van der Waals surface area (Å²) < 4.78 is 7.42. The van der Waals surface area contributed by atoms with Gasteiger partial charge in [0.05, 0.1) is 11.1 Å². The molecule has 19 heavy (non-hydrogen) atoms. The van der Waals surface area contributed by atoms with Crippen LogP contribution in [0.2, 0.25) is 5.02 Å². The van der Waals surface area contributed by atoms with Crippen molar-refractivity contribution in [1.29, 1.82) is 0 Å². The van der Waals surface area contributed by atoms with E-state index in [1.807, 2.05) is 12.1 Å². The summed E-state index contributed by atoms with van der Waals surface area (Å²) >= 11 is 12.9. The SMILES string of the molecule is C[C@H](O)c1ccc(Oc2cc(Br)ccc2Cl)cc1Br. The van der Waals surface area contributed by atoms with Gasteiger partial charge in [0.2, 0.25) is 0 Å². The maximum absolute atomic E-state index is 9.57. The Balaban J connectivity index is 2.29. The van der Waals surface area contributed by atoms with Crippen molar-refractivity contribution in [2.24, 2.45) is 0 Å². The normalized spacial score (nSPS) is 12.3. The Labute approximate surface area is 133 Å². The third-order valence-electron chi connectivity index (χ3n) is 2.54. The molecule has 0 aliphatic heterocycles. The fraction of sp³-hybridized carbons (Fsp3) is 0.143. The van der Waals surface area contributed by atoms with Crippen LogP contribution in [0.1, 0.15) is 18.6 Å². The van der Waals surface area contributed by atoms with Gasteiger partial charge in [0.1, 0.15) is 11.5 Å². The summed E-state index contributed by atoms with van der Waals surface area (Å²) in [6.45, 7) is 1.71. The lowest BCUT2D eigenvalue weighted by Gasteiger charge is -2.11. The summed E-state index contributed by atoms with van der Waals surface area (Å²) in [6.07, 6.45) is -0.530. The number of halogens is 3. The number of ether oxygens (including phenoxy) is 1. The molecular formula is C14H11Br2ClO2. The number of hydrogen-bond donors (Lipinski definition) is 1. The number of aliphatic hydroxyl groups is 1. The molecule has 100 valence electrons. The summed E-state index contributed by atoms with van der Waals surface area (Å²) in [5.74, 6) is 1.23. The van der Waals surface area contributed by atoms with E-state index < -0.39 is 6.10 Å². The lowest BCUT2D eigenvalue weighted by Crippen LogP contribution is -1.93. The average molecular weight is 407 g/mol. The highest BCUT2D eigenvalue weighted by atomic mass is 79.9. The Morgan fingerprint density at radius 2 is 1.89 bits per heavy atom. The lowest BCUT2D eigenvalue weighted by atomic mass is 10.1. The Kier molecular flexibility index (Phi) is 4.90. The van der Waals surface area contributed by atoms with Gasteiger partial charge >= 0.3 is 0 Å². The minimum Gasteiger partial charge on any atom is -0.456 e. The average Bonchev–Trinajstić information content (AvgIpc) is 2.33. The van der Waals surface area contributed by atoms with Crippen LogP contribution < -0.4 is 4.74 Å². The van der Waals surface area contributed by atoms with Crippen molar-refractivity contribution in [2.75, 3.05) is 0 Å². The molecule has 2 nitrogen and oxygen atoms in total. The van der Waals surface area contributed by atoms with Crippen molar-refractivity contribution in [3.63, 3.8) is 0 Å². The first-order valence-corrected chi connectivity index (χ1v) is 7.54. The molecule has 5 heteroatoms. The van der Waals surface area contributed by atoms with Gasteiger partial charge in [-0.1, -0.05) is 49.5 Å². The van der Waals surface area contributed by atoms with E-state index >= 15 is 0 Å². The molecule has 0 aliphatic rings. The first-order chi connectivity index (χ1) is 8.97. The zero-order valence-corrected chi connectivity index (χ0v) is 14.0. The van der Waals surface area contributed by atoms with E-state index in [4.69, 9.17) is 16.3 Å². The predicted molar refractivity (Wildman–Crippen MR) is 84.0 cm³/mol. The van der Waals surface area contributed by atoms with Gasteiger partial charge in [-0.15, -0.1) is 0 Å². The highest BCUT2D eigenvalue weighted by molar-refractivity contribution is 9.10. The monoisotopic (exact) mass is 404 g/mol. The summed E-state index contributed by atoms with van der Waals surface area (Å²) in [4.78, 5) is 0. The van der Waals surface area contributed by atoms with Crippen LogP contribution in [0, 0.1) is 0 Å². The quantitative estimate of drug-likeness (QED) is 0.707. The van der Waals surface area contributed by atoms with Gasteiger partial charge in [-0.25, -0.2) is 0 Å². The van der Waals surface area contributed by atoms with Gasteiger partial charge < -0.3 is 9.84 Å². The summed E-state index contributed by atoms with van der Waals surface area (Å²) in [5.41, 5.74) is 0.813. The van der Waals surface area contributed by atoms with Gasteiger partial charge in [0.15, 0.2) is 0 Å². The molecule has 0 fully saturated rings. The van der Waals surface area contributed by atoms with E-state index in [1.54, 1.807) is 31.2 Å². The number of aliphatic hydroxyl groups excluding tert-OH is 1. The third-order valence-corrected chi connectivity index (χ3v) is 4.04. The molecule has 0 aliphatic carbocycles. The molecule has 0 aromatic heterocycles. The third kappa shape index (κ3) is 3.72. The van der Waals surface area contributed by atoms with Crippen LogP contribution in [0.4, 0.5) is 0 Å². The van der Waals surface area contributed by atoms with Crippen LogP contribution in [0.15, 0.2) is 45.3 Å². The number of benzene rings is 2. The summed E-state index contributed by atoms with van der Waals surface area (Å²) in [5, 5.41) is 10.1. The molecule has 0 unspecified atom stereocenters. The van der Waals surface area contributed by atoms with Crippen molar-refractivity contribution in [3.8, 4) is 11.5 Å². The largest absolute Gasteiger partial charge is 0.456 e. The van der Waals surface area contributed by atoms with Crippen molar-refractivity contribution in [3.05, 3.63) is 55.9 Å². The van der Waals surface area contributed by atoms with E-state index in [0.717, 1.165) is 14.5 Å². The first-order valence-electron chi connectivity index (χ1n) is 5.58. The van der Waals surface area contributed by atoms with E-state index in [2.05, 4.69) is 31.9 Å². The molecule has 0 saturated carbocycles. The van der Waals surface area contributed by atoms with E-state index in [1.165, 1.54) is 0 Å².